The van der Waals surface area contributed by atoms with Crippen LogP contribution < -0.4 is 15.4 Å². The average molecular weight is 499 g/mol. The summed E-state index contributed by atoms with van der Waals surface area (Å²) in [6.45, 7) is 1.97. The van der Waals surface area contributed by atoms with Crippen LogP contribution in [0.5, 0.6) is 5.75 Å². The summed E-state index contributed by atoms with van der Waals surface area (Å²) in [6, 6.07) is 20.1. The summed E-state index contributed by atoms with van der Waals surface area (Å²) in [5.74, 6) is -0.342. The molecule has 180 valence electrons. The van der Waals surface area contributed by atoms with Crippen LogP contribution in [0.2, 0.25) is 0 Å². The topological polar surface area (TPSA) is 101 Å². The number of aryl methyl sites for hydroxylation is 1. The Bertz CT molecular complexity index is 1530. The van der Waals surface area contributed by atoms with Crippen LogP contribution >= 0.6 is 11.3 Å². The Morgan fingerprint density at radius 3 is 2.78 bits per heavy atom. The number of benzene rings is 3. The van der Waals surface area contributed by atoms with Crippen LogP contribution in [-0.4, -0.2) is 40.9 Å². The molecule has 8 nitrogen and oxygen atoms in total. The predicted molar refractivity (Wildman–Crippen MR) is 137 cm³/mol. The lowest BCUT2D eigenvalue weighted by molar-refractivity contribution is -0.135. The molecular formula is C27H22N4O4S. The molecule has 3 heterocycles. The maximum absolute atomic E-state index is 13.3. The number of nitrogens with zero attached hydrogens (tertiary/aromatic N) is 2. The summed E-state index contributed by atoms with van der Waals surface area (Å²) in [4.78, 5) is 44.5. The van der Waals surface area contributed by atoms with Crippen molar-refractivity contribution in [3.05, 3.63) is 77.9 Å². The first-order valence-corrected chi connectivity index (χ1v) is 12.4. The number of aromatic nitrogens is 1. The molecule has 1 atom stereocenters. The first-order valence-electron chi connectivity index (χ1n) is 11.6. The smallest absolute Gasteiger partial charge is 0.325 e. The van der Waals surface area contributed by atoms with Crippen molar-refractivity contribution in [3.8, 4) is 16.3 Å². The number of hydrogen-bond acceptors (Lipinski definition) is 6. The Hall–Kier alpha value is -4.24. The lowest BCUT2D eigenvalue weighted by atomic mass is 9.84. The van der Waals surface area contributed by atoms with Crippen molar-refractivity contribution in [2.45, 2.75) is 18.9 Å². The van der Waals surface area contributed by atoms with E-state index in [0.29, 0.717) is 30.0 Å². The summed E-state index contributed by atoms with van der Waals surface area (Å²) < 4.78 is 6.77. The summed E-state index contributed by atoms with van der Waals surface area (Å²) >= 11 is 1.62. The SMILES string of the molecule is Cc1ccc2nc(-c3ccc(NC(=O)CN4C(=O)N[C@@]5(CCOc6ccccc65)C4=O)cc3)sc2c1. The molecule has 1 aromatic heterocycles. The molecule has 2 N–H and O–H groups in total. The minimum atomic E-state index is -1.20. The third kappa shape index (κ3) is 3.68. The van der Waals surface area contributed by atoms with Gasteiger partial charge in [0.15, 0.2) is 5.54 Å². The van der Waals surface area contributed by atoms with Gasteiger partial charge in [-0.2, -0.15) is 0 Å². The normalized spacial score (nSPS) is 18.8. The van der Waals surface area contributed by atoms with Crippen LogP contribution in [0.4, 0.5) is 10.5 Å². The zero-order valence-corrected chi connectivity index (χ0v) is 20.2. The fraction of sp³-hybridized carbons (Fsp3) is 0.185. The average Bonchev–Trinajstić information content (AvgIpc) is 3.39. The Labute approximate surface area is 210 Å². The molecule has 2 aliphatic rings. The number of fused-ring (bicyclic) bond motifs is 3. The lowest BCUT2D eigenvalue weighted by Crippen LogP contribution is -2.48. The molecule has 4 amide bonds. The zero-order valence-electron chi connectivity index (χ0n) is 19.4. The number of rotatable bonds is 4. The van der Waals surface area contributed by atoms with Crippen LogP contribution in [0.3, 0.4) is 0 Å². The van der Waals surface area contributed by atoms with E-state index in [9.17, 15) is 14.4 Å². The molecule has 0 unspecified atom stereocenters. The number of carbonyl (C=O) groups is 3. The molecule has 9 heteroatoms. The van der Waals surface area contributed by atoms with Gasteiger partial charge < -0.3 is 15.4 Å². The fourth-order valence-electron chi connectivity index (χ4n) is 4.71. The van der Waals surface area contributed by atoms with Gasteiger partial charge in [0, 0.05) is 23.2 Å². The summed E-state index contributed by atoms with van der Waals surface area (Å²) in [5, 5.41) is 6.48. The van der Waals surface area contributed by atoms with Gasteiger partial charge in [0.1, 0.15) is 17.3 Å². The number of thiazole rings is 1. The molecule has 0 saturated carbocycles. The molecule has 1 spiro atoms. The lowest BCUT2D eigenvalue weighted by Gasteiger charge is -2.33. The minimum Gasteiger partial charge on any atom is -0.493 e. The molecule has 36 heavy (non-hydrogen) atoms. The number of carbonyl (C=O) groups excluding carboxylic acids is 3. The summed E-state index contributed by atoms with van der Waals surface area (Å²) in [5.41, 5.74) is 3.06. The number of urea groups is 1. The maximum atomic E-state index is 13.3. The number of hydrogen-bond donors (Lipinski definition) is 2. The number of anilines is 1. The van der Waals surface area contributed by atoms with Gasteiger partial charge in [0.25, 0.3) is 5.91 Å². The first-order chi connectivity index (χ1) is 17.4. The van der Waals surface area contributed by atoms with Crippen LogP contribution in [0.1, 0.15) is 17.5 Å². The second-order valence-electron chi connectivity index (χ2n) is 8.94. The van der Waals surface area contributed by atoms with Gasteiger partial charge in [-0.15, -0.1) is 11.3 Å². The molecule has 0 radical (unpaired) electrons. The van der Waals surface area contributed by atoms with E-state index in [-0.39, 0.29) is 6.54 Å². The summed E-state index contributed by atoms with van der Waals surface area (Å²) in [6.07, 6.45) is 0.305. The van der Waals surface area contributed by atoms with Gasteiger partial charge >= 0.3 is 6.03 Å². The van der Waals surface area contributed by atoms with E-state index in [0.717, 1.165) is 25.7 Å². The van der Waals surface area contributed by atoms with Crippen LogP contribution in [0, 0.1) is 6.92 Å². The van der Waals surface area contributed by atoms with Gasteiger partial charge in [-0.05, 0) is 55.0 Å². The van der Waals surface area contributed by atoms with Gasteiger partial charge in [0.05, 0.1) is 16.8 Å². The zero-order chi connectivity index (χ0) is 24.9. The second-order valence-corrected chi connectivity index (χ2v) is 9.97. The van der Waals surface area contributed by atoms with E-state index in [1.54, 1.807) is 41.7 Å². The standard InChI is InChI=1S/C27H22N4O4S/c1-16-6-11-20-22(14-16)36-24(29-20)17-7-9-18(10-8-17)28-23(32)15-31-25(33)27(30-26(31)34)12-13-35-21-5-3-2-4-19(21)27/h2-11,14H,12-13,15H2,1H3,(H,28,32)(H,30,34)/t27-/m1/s1. The van der Waals surface area contributed by atoms with Crippen LogP contribution in [-0.2, 0) is 15.1 Å². The van der Waals surface area contributed by atoms with Crippen LogP contribution in [0.25, 0.3) is 20.8 Å². The van der Waals surface area contributed by atoms with Crippen molar-refractivity contribution < 1.29 is 19.1 Å². The largest absolute Gasteiger partial charge is 0.493 e. The Morgan fingerprint density at radius 2 is 1.94 bits per heavy atom. The summed E-state index contributed by atoms with van der Waals surface area (Å²) in [7, 11) is 0. The van der Waals surface area contributed by atoms with Gasteiger partial charge in [0.2, 0.25) is 5.91 Å². The quantitative estimate of drug-likeness (QED) is 0.405. The number of ether oxygens (including phenoxy) is 1. The van der Waals surface area contributed by atoms with Gasteiger partial charge in [-0.1, -0.05) is 24.3 Å². The maximum Gasteiger partial charge on any atom is 0.325 e. The highest BCUT2D eigenvalue weighted by molar-refractivity contribution is 7.21. The number of amides is 4. The van der Waals surface area contributed by atoms with E-state index in [1.165, 1.54) is 5.56 Å². The van der Waals surface area contributed by atoms with Crippen molar-refractivity contribution >= 4 is 45.1 Å². The fourth-order valence-corrected chi connectivity index (χ4v) is 5.78. The number of nitrogens with one attached hydrogen (secondary N) is 2. The molecule has 6 rings (SSSR count). The number of para-hydroxylation sites is 1. The molecule has 3 aromatic carbocycles. The van der Waals surface area contributed by atoms with E-state index >= 15 is 0 Å². The van der Waals surface area contributed by atoms with Crippen molar-refractivity contribution in [1.82, 2.24) is 15.2 Å². The van der Waals surface area contributed by atoms with E-state index in [2.05, 4.69) is 23.6 Å². The second kappa shape index (κ2) is 8.46. The monoisotopic (exact) mass is 498 g/mol. The van der Waals surface area contributed by atoms with E-state index in [4.69, 9.17) is 9.72 Å². The van der Waals surface area contributed by atoms with Gasteiger partial charge in [-0.3, -0.25) is 14.5 Å². The Balaban J connectivity index is 1.15. The molecule has 1 saturated heterocycles. The molecule has 1 fully saturated rings. The Kier molecular flexibility index (Phi) is 5.22. The third-order valence-corrected chi connectivity index (χ3v) is 7.59. The minimum absolute atomic E-state index is 0.295. The predicted octanol–water partition coefficient (Wildman–Crippen LogP) is 4.44. The highest BCUT2D eigenvalue weighted by Crippen LogP contribution is 2.41. The van der Waals surface area contributed by atoms with Crippen LogP contribution in [0.15, 0.2) is 66.7 Å². The highest BCUT2D eigenvalue weighted by atomic mass is 32.1. The molecule has 2 aliphatic heterocycles. The highest BCUT2D eigenvalue weighted by Gasteiger charge is 2.55. The molecular weight excluding hydrogens is 476 g/mol. The molecule has 0 aliphatic carbocycles. The van der Waals surface area contributed by atoms with Crippen molar-refractivity contribution in [1.29, 1.82) is 0 Å². The van der Waals surface area contributed by atoms with Crippen molar-refractivity contribution in [2.75, 3.05) is 18.5 Å². The first kappa shape index (κ1) is 22.2. The Morgan fingerprint density at radius 1 is 1.14 bits per heavy atom. The van der Waals surface area contributed by atoms with E-state index in [1.807, 2.05) is 30.3 Å². The number of imide groups is 1. The molecule has 4 aromatic rings. The van der Waals surface area contributed by atoms with Crippen molar-refractivity contribution in [2.24, 2.45) is 0 Å². The van der Waals surface area contributed by atoms with Crippen molar-refractivity contribution in [3.63, 3.8) is 0 Å². The third-order valence-electron chi connectivity index (χ3n) is 6.52. The van der Waals surface area contributed by atoms with E-state index < -0.39 is 23.4 Å². The van der Waals surface area contributed by atoms with Gasteiger partial charge in [-0.25, -0.2) is 9.78 Å². The molecule has 0 bridgehead atoms.